The van der Waals surface area contributed by atoms with E-state index >= 15 is 0 Å². The minimum Gasteiger partial charge on any atom is -0.497 e. The Hall–Kier alpha value is -3.22. The molecule has 132 valence electrons. The van der Waals surface area contributed by atoms with Crippen molar-refractivity contribution < 1.29 is 28.5 Å². The summed E-state index contributed by atoms with van der Waals surface area (Å²) in [5.74, 6) is 0.414. The molecule has 0 spiro atoms. The molecule has 2 rings (SSSR count). The number of nitrogens with one attached hydrogen (secondary N) is 1. The van der Waals surface area contributed by atoms with Crippen LogP contribution in [0.25, 0.3) is 0 Å². The zero-order valence-corrected chi connectivity index (χ0v) is 14.2. The van der Waals surface area contributed by atoms with E-state index in [4.69, 9.17) is 18.9 Å². The van der Waals surface area contributed by atoms with Gasteiger partial charge in [0.15, 0.2) is 6.61 Å². The summed E-state index contributed by atoms with van der Waals surface area (Å²) in [6.07, 6.45) is 0. The first-order valence-corrected chi connectivity index (χ1v) is 7.40. The van der Waals surface area contributed by atoms with E-state index < -0.39 is 18.5 Å². The van der Waals surface area contributed by atoms with E-state index in [0.29, 0.717) is 22.9 Å². The van der Waals surface area contributed by atoms with Crippen LogP contribution in [0.15, 0.2) is 42.5 Å². The second-order valence-corrected chi connectivity index (χ2v) is 4.92. The molecule has 1 amide bonds. The summed E-state index contributed by atoms with van der Waals surface area (Å²) in [6.45, 7) is -0.417. The standard InChI is InChI=1S/C18H19NO6/c1-22-13-6-4-12(5-7-13)19-17(20)11-25-18(21)15-9-8-14(23-2)10-16(15)24-3/h4-10H,11H2,1-3H3,(H,19,20). The molecular weight excluding hydrogens is 326 g/mol. The van der Waals surface area contributed by atoms with Crippen LogP contribution in [-0.2, 0) is 9.53 Å². The summed E-state index contributed by atoms with van der Waals surface area (Å²) in [6, 6.07) is 11.5. The van der Waals surface area contributed by atoms with Crippen LogP contribution in [0.2, 0.25) is 0 Å². The molecule has 0 saturated carbocycles. The fourth-order valence-corrected chi connectivity index (χ4v) is 2.05. The van der Waals surface area contributed by atoms with Crippen molar-refractivity contribution in [1.29, 1.82) is 0 Å². The Kier molecular flexibility index (Phi) is 6.22. The van der Waals surface area contributed by atoms with Crippen molar-refractivity contribution in [1.82, 2.24) is 0 Å². The van der Waals surface area contributed by atoms with Crippen LogP contribution in [0, 0.1) is 0 Å². The van der Waals surface area contributed by atoms with Crippen LogP contribution < -0.4 is 19.5 Å². The molecule has 0 aromatic heterocycles. The third-order valence-corrected chi connectivity index (χ3v) is 3.34. The van der Waals surface area contributed by atoms with Gasteiger partial charge in [-0.3, -0.25) is 4.79 Å². The molecule has 25 heavy (non-hydrogen) atoms. The molecule has 0 bridgehead atoms. The smallest absolute Gasteiger partial charge is 0.342 e. The molecule has 7 heteroatoms. The van der Waals surface area contributed by atoms with Crippen LogP contribution in [0.4, 0.5) is 5.69 Å². The van der Waals surface area contributed by atoms with Gasteiger partial charge in [-0.1, -0.05) is 0 Å². The van der Waals surface area contributed by atoms with Gasteiger partial charge >= 0.3 is 5.97 Å². The van der Waals surface area contributed by atoms with Crippen LogP contribution in [0.3, 0.4) is 0 Å². The molecule has 0 fully saturated rings. The Bertz CT molecular complexity index is 742. The number of esters is 1. The third kappa shape index (κ3) is 4.87. The first kappa shape index (κ1) is 18.1. The molecular formula is C18H19NO6. The third-order valence-electron chi connectivity index (χ3n) is 3.34. The van der Waals surface area contributed by atoms with Gasteiger partial charge in [0.05, 0.1) is 21.3 Å². The predicted octanol–water partition coefficient (Wildman–Crippen LogP) is 2.51. The number of benzene rings is 2. The molecule has 7 nitrogen and oxygen atoms in total. The second-order valence-electron chi connectivity index (χ2n) is 4.92. The summed E-state index contributed by atoms with van der Waals surface area (Å²) in [4.78, 5) is 24.0. The van der Waals surface area contributed by atoms with Gasteiger partial charge < -0.3 is 24.3 Å². The maximum absolute atomic E-state index is 12.1. The van der Waals surface area contributed by atoms with E-state index in [2.05, 4.69) is 5.32 Å². The Labute approximate surface area is 145 Å². The van der Waals surface area contributed by atoms with E-state index in [0.717, 1.165) is 0 Å². The van der Waals surface area contributed by atoms with Crippen LogP contribution in [0.5, 0.6) is 17.2 Å². The molecule has 0 radical (unpaired) electrons. The zero-order valence-electron chi connectivity index (χ0n) is 14.2. The quantitative estimate of drug-likeness (QED) is 0.777. The van der Waals surface area contributed by atoms with Gasteiger partial charge in [0, 0.05) is 11.8 Å². The van der Waals surface area contributed by atoms with Gasteiger partial charge in [0.25, 0.3) is 5.91 Å². The van der Waals surface area contributed by atoms with Gasteiger partial charge in [0.1, 0.15) is 22.8 Å². The molecule has 0 aliphatic heterocycles. The molecule has 2 aromatic rings. The number of methoxy groups -OCH3 is 3. The lowest BCUT2D eigenvalue weighted by Crippen LogP contribution is -2.21. The number of hydrogen-bond donors (Lipinski definition) is 1. The average molecular weight is 345 g/mol. The summed E-state index contributed by atoms with van der Waals surface area (Å²) >= 11 is 0. The van der Waals surface area contributed by atoms with Crippen molar-refractivity contribution in [2.24, 2.45) is 0 Å². The van der Waals surface area contributed by atoms with Gasteiger partial charge in [-0.05, 0) is 36.4 Å². The van der Waals surface area contributed by atoms with E-state index in [1.807, 2.05) is 0 Å². The van der Waals surface area contributed by atoms with Crippen molar-refractivity contribution >= 4 is 17.6 Å². The minimum absolute atomic E-state index is 0.209. The highest BCUT2D eigenvalue weighted by Gasteiger charge is 2.16. The number of hydrogen-bond acceptors (Lipinski definition) is 6. The van der Waals surface area contributed by atoms with Crippen molar-refractivity contribution in [3.05, 3.63) is 48.0 Å². The average Bonchev–Trinajstić information content (AvgIpc) is 2.66. The summed E-state index contributed by atoms with van der Waals surface area (Å²) in [7, 11) is 4.50. The SMILES string of the molecule is COc1ccc(NC(=O)COC(=O)c2ccc(OC)cc2OC)cc1. The van der Waals surface area contributed by atoms with E-state index in [9.17, 15) is 9.59 Å². The predicted molar refractivity (Wildman–Crippen MR) is 91.5 cm³/mol. The van der Waals surface area contributed by atoms with Gasteiger partial charge in [-0.25, -0.2) is 4.79 Å². The molecule has 0 atom stereocenters. The summed E-state index contributed by atoms with van der Waals surface area (Å²) in [5, 5.41) is 2.62. The maximum Gasteiger partial charge on any atom is 0.342 e. The molecule has 0 unspecified atom stereocenters. The summed E-state index contributed by atoms with van der Waals surface area (Å²) < 4.78 is 20.3. The topological polar surface area (TPSA) is 83.1 Å². The minimum atomic E-state index is -0.663. The second kappa shape index (κ2) is 8.58. The number of carbonyl (C=O) groups excluding carboxylic acids is 2. The Morgan fingerprint density at radius 1 is 0.880 bits per heavy atom. The van der Waals surface area contributed by atoms with Crippen LogP contribution in [-0.4, -0.2) is 39.8 Å². The monoisotopic (exact) mass is 345 g/mol. The number of amides is 1. The molecule has 2 aromatic carbocycles. The van der Waals surface area contributed by atoms with Crippen LogP contribution >= 0.6 is 0 Å². The highest BCUT2D eigenvalue weighted by molar-refractivity contribution is 5.96. The number of rotatable bonds is 7. The van der Waals surface area contributed by atoms with Crippen LogP contribution in [0.1, 0.15) is 10.4 Å². The normalized spacial score (nSPS) is 9.88. The fraction of sp³-hybridized carbons (Fsp3) is 0.222. The first-order valence-electron chi connectivity index (χ1n) is 7.40. The molecule has 0 heterocycles. The van der Waals surface area contributed by atoms with Crippen molar-refractivity contribution in [3.63, 3.8) is 0 Å². The van der Waals surface area contributed by atoms with Crippen molar-refractivity contribution in [2.45, 2.75) is 0 Å². The Morgan fingerprint density at radius 3 is 2.12 bits per heavy atom. The molecule has 0 saturated heterocycles. The maximum atomic E-state index is 12.1. The molecule has 1 N–H and O–H groups in total. The van der Waals surface area contributed by atoms with Gasteiger partial charge in [0.2, 0.25) is 0 Å². The lowest BCUT2D eigenvalue weighted by molar-refractivity contribution is -0.119. The zero-order chi connectivity index (χ0) is 18.2. The Balaban J connectivity index is 1.93. The van der Waals surface area contributed by atoms with E-state index in [-0.39, 0.29) is 5.56 Å². The van der Waals surface area contributed by atoms with Crippen molar-refractivity contribution in [3.8, 4) is 17.2 Å². The summed E-state index contributed by atoms with van der Waals surface area (Å²) in [5.41, 5.74) is 0.782. The number of ether oxygens (including phenoxy) is 4. The molecule has 0 aliphatic rings. The van der Waals surface area contributed by atoms with Gasteiger partial charge in [-0.2, -0.15) is 0 Å². The Morgan fingerprint density at radius 2 is 1.52 bits per heavy atom. The fourth-order valence-electron chi connectivity index (χ4n) is 2.05. The first-order chi connectivity index (χ1) is 12.1. The highest BCUT2D eigenvalue weighted by Crippen LogP contribution is 2.25. The van der Waals surface area contributed by atoms with Crippen molar-refractivity contribution in [2.75, 3.05) is 33.3 Å². The number of anilines is 1. The van der Waals surface area contributed by atoms with E-state index in [1.165, 1.54) is 20.3 Å². The molecule has 0 aliphatic carbocycles. The lowest BCUT2D eigenvalue weighted by Gasteiger charge is -2.10. The largest absolute Gasteiger partial charge is 0.497 e. The van der Waals surface area contributed by atoms with Gasteiger partial charge in [-0.15, -0.1) is 0 Å². The van der Waals surface area contributed by atoms with E-state index in [1.54, 1.807) is 43.5 Å². The lowest BCUT2D eigenvalue weighted by atomic mass is 10.2. The number of carbonyl (C=O) groups is 2. The highest BCUT2D eigenvalue weighted by atomic mass is 16.5.